The summed E-state index contributed by atoms with van der Waals surface area (Å²) in [6, 6.07) is 15.3. The molecule has 1 unspecified atom stereocenters. The van der Waals surface area contributed by atoms with Crippen LogP contribution in [0.2, 0.25) is 0 Å². The summed E-state index contributed by atoms with van der Waals surface area (Å²) >= 11 is 0. The smallest absolute Gasteiger partial charge is 0.224 e. The highest BCUT2D eigenvalue weighted by Crippen LogP contribution is 2.21. The van der Waals surface area contributed by atoms with E-state index in [4.69, 9.17) is 0 Å². The van der Waals surface area contributed by atoms with Gasteiger partial charge in [0.25, 0.3) is 0 Å². The molecule has 0 saturated carbocycles. The van der Waals surface area contributed by atoms with E-state index in [0.717, 1.165) is 22.4 Å². The molecule has 0 aliphatic rings. The third-order valence-electron chi connectivity index (χ3n) is 3.57. The number of benzene rings is 2. The van der Waals surface area contributed by atoms with Gasteiger partial charge in [-0.3, -0.25) is 4.79 Å². The summed E-state index contributed by atoms with van der Waals surface area (Å²) in [5.74, 6) is -0.0672. The fraction of sp³-hybridized carbons (Fsp3) is 0.278. The van der Waals surface area contributed by atoms with Crippen molar-refractivity contribution in [2.24, 2.45) is 0 Å². The first kappa shape index (κ1) is 15.3. The molecule has 3 heteroatoms. The number of amides is 1. The molecular weight excluding hydrogens is 262 g/mol. The summed E-state index contributed by atoms with van der Waals surface area (Å²) < 4.78 is 0. The first-order chi connectivity index (χ1) is 10.1. The molecule has 3 nitrogen and oxygen atoms in total. The van der Waals surface area contributed by atoms with Crippen molar-refractivity contribution < 1.29 is 9.90 Å². The Hall–Kier alpha value is -2.13. The van der Waals surface area contributed by atoms with Crippen molar-refractivity contribution in [1.29, 1.82) is 0 Å². The van der Waals surface area contributed by atoms with Crippen LogP contribution in [0.3, 0.4) is 0 Å². The first-order valence-corrected chi connectivity index (χ1v) is 7.17. The van der Waals surface area contributed by atoms with Gasteiger partial charge in [-0.05, 0) is 37.0 Å². The lowest BCUT2D eigenvalue weighted by atomic mass is 10.0. The Morgan fingerprint density at radius 1 is 1.05 bits per heavy atom. The Balaban J connectivity index is 1.91. The van der Waals surface area contributed by atoms with E-state index in [1.807, 2.05) is 62.4 Å². The second-order valence-electron chi connectivity index (χ2n) is 5.28. The average molecular weight is 283 g/mol. The van der Waals surface area contributed by atoms with E-state index in [2.05, 4.69) is 5.32 Å². The summed E-state index contributed by atoms with van der Waals surface area (Å²) in [6.45, 7) is 3.95. The molecule has 0 fully saturated rings. The van der Waals surface area contributed by atoms with Gasteiger partial charge in [-0.1, -0.05) is 48.5 Å². The van der Waals surface area contributed by atoms with Gasteiger partial charge in [0.05, 0.1) is 6.10 Å². The lowest BCUT2D eigenvalue weighted by Crippen LogP contribution is -2.14. The highest BCUT2D eigenvalue weighted by molar-refractivity contribution is 5.92. The third-order valence-corrected chi connectivity index (χ3v) is 3.57. The van der Waals surface area contributed by atoms with E-state index in [-0.39, 0.29) is 5.91 Å². The molecule has 21 heavy (non-hydrogen) atoms. The lowest BCUT2D eigenvalue weighted by molar-refractivity contribution is -0.116. The predicted molar refractivity (Wildman–Crippen MR) is 85.2 cm³/mol. The van der Waals surface area contributed by atoms with Crippen molar-refractivity contribution in [2.45, 2.75) is 32.8 Å². The standard InChI is InChI=1S/C18H21NO2/c1-13-7-6-8-14(2)18(13)19-17(21)12-11-16(20)15-9-4-3-5-10-15/h3-10,16,20H,11-12H2,1-2H3,(H,19,21). The molecule has 2 N–H and O–H groups in total. The van der Waals surface area contributed by atoms with Crippen molar-refractivity contribution in [3.63, 3.8) is 0 Å². The third kappa shape index (κ3) is 4.17. The number of rotatable bonds is 5. The highest BCUT2D eigenvalue weighted by Gasteiger charge is 2.11. The first-order valence-electron chi connectivity index (χ1n) is 7.17. The molecule has 1 atom stereocenters. The monoisotopic (exact) mass is 283 g/mol. The quantitative estimate of drug-likeness (QED) is 0.878. The molecule has 0 spiro atoms. The van der Waals surface area contributed by atoms with E-state index >= 15 is 0 Å². The molecule has 0 radical (unpaired) electrons. The van der Waals surface area contributed by atoms with E-state index in [1.165, 1.54) is 0 Å². The molecule has 0 bridgehead atoms. The van der Waals surface area contributed by atoms with Gasteiger partial charge < -0.3 is 10.4 Å². The number of anilines is 1. The van der Waals surface area contributed by atoms with Gasteiger partial charge in [0.15, 0.2) is 0 Å². The topological polar surface area (TPSA) is 49.3 Å². The molecule has 1 amide bonds. The summed E-state index contributed by atoms with van der Waals surface area (Å²) in [4.78, 5) is 12.0. The molecular formula is C18H21NO2. The summed E-state index contributed by atoms with van der Waals surface area (Å²) in [7, 11) is 0. The minimum Gasteiger partial charge on any atom is -0.388 e. The zero-order chi connectivity index (χ0) is 15.2. The van der Waals surface area contributed by atoms with Gasteiger partial charge in [0, 0.05) is 12.1 Å². The van der Waals surface area contributed by atoms with Crippen molar-refractivity contribution in [2.75, 3.05) is 5.32 Å². The SMILES string of the molecule is Cc1cccc(C)c1NC(=O)CCC(O)c1ccccc1. The van der Waals surface area contributed by atoms with Gasteiger partial charge in [-0.2, -0.15) is 0 Å². The van der Waals surface area contributed by atoms with Crippen LogP contribution in [0.1, 0.15) is 35.6 Å². The number of aliphatic hydroxyl groups is 1. The number of hydrogen-bond donors (Lipinski definition) is 2. The second-order valence-corrected chi connectivity index (χ2v) is 5.28. The van der Waals surface area contributed by atoms with Crippen molar-refractivity contribution >= 4 is 11.6 Å². The predicted octanol–water partition coefficient (Wildman–Crippen LogP) is 3.76. The van der Waals surface area contributed by atoms with Crippen LogP contribution in [0, 0.1) is 13.8 Å². The minimum atomic E-state index is -0.602. The molecule has 0 aliphatic carbocycles. The molecule has 2 aromatic carbocycles. The van der Waals surface area contributed by atoms with Gasteiger partial charge in [-0.25, -0.2) is 0 Å². The Labute approximate surface area is 125 Å². The summed E-state index contributed by atoms with van der Waals surface area (Å²) in [5.41, 5.74) is 3.81. The molecule has 0 saturated heterocycles. The zero-order valence-corrected chi connectivity index (χ0v) is 12.5. The number of aliphatic hydroxyl groups excluding tert-OH is 1. The lowest BCUT2D eigenvalue weighted by Gasteiger charge is -2.13. The maximum atomic E-state index is 12.0. The highest BCUT2D eigenvalue weighted by atomic mass is 16.3. The molecule has 2 aromatic rings. The van der Waals surface area contributed by atoms with Crippen molar-refractivity contribution in [1.82, 2.24) is 0 Å². The summed E-state index contributed by atoms with van der Waals surface area (Å²) in [5, 5.41) is 13.0. The number of nitrogens with one attached hydrogen (secondary N) is 1. The van der Waals surface area contributed by atoms with Crippen LogP contribution in [-0.2, 0) is 4.79 Å². The van der Waals surface area contributed by atoms with Crippen LogP contribution in [0.5, 0.6) is 0 Å². The number of aryl methyl sites for hydroxylation is 2. The van der Waals surface area contributed by atoms with Gasteiger partial charge in [-0.15, -0.1) is 0 Å². The van der Waals surface area contributed by atoms with Gasteiger partial charge in [0.1, 0.15) is 0 Å². The van der Waals surface area contributed by atoms with Crippen LogP contribution in [-0.4, -0.2) is 11.0 Å². The maximum Gasteiger partial charge on any atom is 0.224 e. The van der Waals surface area contributed by atoms with E-state index in [0.29, 0.717) is 12.8 Å². The van der Waals surface area contributed by atoms with Crippen LogP contribution >= 0.6 is 0 Å². The number of carbonyl (C=O) groups excluding carboxylic acids is 1. The molecule has 0 aliphatic heterocycles. The minimum absolute atomic E-state index is 0.0672. The van der Waals surface area contributed by atoms with Crippen LogP contribution < -0.4 is 5.32 Å². The Morgan fingerprint density at radius 2 is 1.67 bits per heavy atom. The Kier molecular flexibility index (Phi) is 5.12. The fourth-order valence-corrected chi connectivity index (χ4v) is 2.32. The maximum absolute atomic E-state index is 12.0. The van der Waals surface area contributed by atoms with Crippen LogP contribution in [0.15, 0.2) is 48.5 Å². The number of hydrogen-bond acceptors (Lipinski definition) is 2. The van der Waals surface area contributed by atoms with E-state index in [9.17, 15) is 9.90 Å². The van der Waals surface area contributed by atoms with E-state index in [1.54, 1.807) is 0 Å². The van der Waals surface area contributed by atoms with Gasteiger partial charge >= 0.3 is 0 Å². The van der Waals surface area contributed by atoms with Crippen LogP contribution in [0.25, 0.3) is 0 Å². The largest absolute Gasteiger partial charge is 0.388 e. The van der Waals surface area contributed by atoms with Crippen molar-refractivity contribution in [3.05, 3.63) is 65.2 Å². The Bertz CT molecular complexity index is 588. The molecule has 110 valence electrons. The average Bonchev–Trinajstić information content (AvgIpc) is 2.49. The normalized spacial score (nSPS) is 12.0. The Morgan fingerprint density at radius 3 is 2.29 bits per heavy atom. The van der Waals surface area contributed by atoms with Crippen molar-refractivity contribution in [3.8, 4) is 0 Å². The number of para-hydroxylation sites is 1. The molecule has 2 rings (SSSR count). The molecule has 0 heterocycles. The van der Waals surface area contributed by atoms with Gasteiger partial charge in [0.2, 0.25) is 5.91 Å². The zero-order valence-electron chi connectivity index (χ0n) is 12.5. The van der Waals surface area contributed by atoms with E-state index < -0.39 is 6.10 Å². The number of carbonyl (C=O) groups is 1. The summed E-state index contributed by atoms with van der Waals surface area (Å²) in [6.07, 6.45) is 0.111. The second kappa shape index (κ2) is 7.04. The molecule has 0 aromatic heterocycles. The van der Waals surface area contributed by atoms with Crippen LogP contribution in [0.4, 0.5) is 5.69 Å². The fourth-order valence-electron chi connectivity index (χ4n) is 2.32.